The van der Waals surface area contributed by atoms with Crippen LogP contribution in [0.3, 0.4) is 0 Å². The molecule has 7 heteroatoms. The van der Waals surface area contributed by atoms with Gasteiger partial charge in [-0.2, -0.15) is 0 Å². The molecule has 2 aromatic carbocycles. The van der Waals surface area contributed by atoms with Crippen LogP contribution >= 0.6 is 0 Å². The van der Waals surface area contributed by atoms with Gasteiger partial charge in [0.1, 0.15) is 5.76 Å². The van der Waals surface area contributed by atoms with Gasteiger partial charge >= 0.3 is 0 Å². The summed E-state index contributed by atoms with van der Waals surface area (Å²) in [5.41, 5.74) is 2.20. The minimum Gasteiger partial charge on any atom is -0.467 e. The number of hydrogen-bond donors (Lipinski definition) is 0. The molecule has 0 spiro atoms. The molecular formula is C22H22N2O4S. The number of rotatable bonds is 5. The highest BCUT2D eigenvalue weighted by Gasteiger charge is 2.29. The number of fused-ring (bicyclic) bond motifs is 1. The van der Waals surface area contributed by atoms with Gasteiger partial charge in [0, 0.05) is 19.2 Å². The zero-order valence-corrected chi connectivity index (χ0v) is 16.9. The second-order valence-corrected chi connectivity index (χ2v) is 8.94. The summed E-state index contributed by atoms with van der Waals surface area (Å²) in [6.07, 6.45) is 3.22. The number of carbonyl (C=O) groups is 1. The molecule has 29 heavy (non-hydrogen) atoms. The SMILES string of the molecule is CN(Cc1ccco1)C(=O)c1ccc(S(=O)(=O)N2CCCc3ccccc32)cc1. The lowest BCUT2D eigenvalue weighted by Crippen LogP contribution is -2.35. The average Bonchev–Trinajstić information content (AvgIpc) is 3.26. The lowest BCUT2D eigenvalue weighted by atomic mass is 10.0. The van der Waals surface area contributed by atoms with Gasteiger partial charge in [0.25, 0.3) is 15.9 Å². The number of hydrogen-bond acceptors (Lipinski definition) is 4. The molecule has 0 unspecified atom stereocenters. The third kappa shape index (κ3) is 3.78. The first-order valence-electron chi connectivity index (χ1n) is 9.45. The fourth-order valence-corrected chi connectivity index (χ4v) is 5.11. The van der Waals surface area contributed by atoms with E-state index in [0.29, 0.717) is 24.4 Å². The van der Waals surface area contributed by atoms with Gasteiger partial charge in [-0.25, -0.2) is 8.42 Å². The first-order chi connectivity index (χ1) is 14.0. The Bertz CT molecular complexity index is 1110. The Morgan fingerprint density at radius 3 is 2.55 bits per heavy atom. The van der Waals surface area contributed by atoms with Crippen LogP contribution in [0, 0.1) is 0 Å². The minimum atomic E-state index is -3.69. The number of aryl methyl sites for hydroxylation is 1. The third-order valence-electron chi connectivity index (χ3n) is 5.08. The first kappa shape index (κ1) is 19.3. The molecule has 1 aromatic heterocycles. The van der Waals surface area contributed by atoms with Crippen molar-refractivity contribution in [2.75, 3.05) is 17.9 Å². The minimum absolute atomic E-state index is 0.180. The molecule has 1 aliphatic heterocycles. The van der Waals surface area contributed by atoms with E-state index in [1.165, 1.54) is 21.3 Å². The molecule has 1 aliphatic rings. The van der Waals surface area contributed by atoms with Crippen LogP contribution in [-0.2, 0) is 23.0 Å². The second kappa shape index (κ2) is 7.75. The van der Waals surface area contributed by atoms with E-state index >= 15 is 0 Å². The normalized spacial score (nSPS) is 13.8. The maximum Gasteiger partial charge on any atom is 0.264 e. The Hall–Kier alpha value is -3.06. The number of benzene rings is 2. The van der Waals surface area contributed by atoms with Crippen LogP contribution in [0.4, 0.5) is 5.69 Å². The average molecular weight is 410 g/mol. The summed E-state index contributed by atoms with van der Waals surface area (Å²) >= 11 is 0. The van der Waals surface area contributed by atoms with E-state index in [1.54, 1.807) is 37.6 Å². The van der Waals surface area contributed by atoms with E-state index in [9.17, 15) is 13.2 Å². The predicted octanol–water partition coefficient (Wildman–Crippen LogP) is 3.69. The molecule has 0 atom stereocenters. The summed E-state index contributed by atoms with van der Waals surface area (Å²) in [6.45, 7) is 0.794. The van der Waals surface area contributed by atoms with E-state index in [-0.39, 0.29) is 10.8 Å². The summed E-state index contributed by atoms with van der Waals surface area (Å²) in [5.74, 6) is 0.484. The number of furan rings is 1. The van der Waals surface area contributed by atoms with Crippen LogP contribution in [0.25, 0.3) is 0 Å². The number of carbonyl (C=O) groups excluding carboxylic acids is 1. The van der Waals surface area contributed by atoms with Crippen molar-refractivity contribution in [3.63, 3.8) is 0 Å². The van der Waals surface area contributed by atoms with Gasteiger partial charge in [-0.1, -0.05) is 18.2 Å². The largest absolute Gasteiger partial charge is 0.467 e. The quantitative estimate of drug-likeness (QED) is 0.643. The summed E-state index contributed by atoms with van der Waals surface area (Å²) in [4.78, 5) is 14.3. The van der Waals surface area contributed by atoms with E-state index in [4.69, 9.17) is 4.42 Å². The van der Waals surface area contributed by atoms with Crippen molar-refractivity contribution in [2.24, 2.45) is 0 Å². The molecule has 6 nitrogen and oxygen atoms in total. The molecule has 0 fully saturated rings. The van der Waals surface area contributed by atoms with Crippen molar-refractivity contribution >= 4 is 21.6 Å². The van der Waals surface area contributed by atoms with Gasteiger partial charge in [-0.15, -0.1) is 0 Å². The second-order valence-electron chi connectivity index (χ2n) is 7.07. The van der Waals surface area contributed by atoms with Gasteiger partial charge in [0.15, 0.2) is 0 Å². The molecule has 0 aliphatic carbocycles. The Morgan fingerprint density at radius 1 is 1.07 bits per heavy atom. The van der Waals surface area contributed by atoms with Crippen molar-refractivity contribution in [1.29, 1.82) is 0 Å². The van der Waals surface area contributed by atoms with E-state index in [1.807, 2.05) is 24.3 Å². The lowest BCUT2D eigenvalue weighted by Gasteiger charge is -2.30. The molecule has 4 rings (SSSR count). The molecular weight excluding hydrogens is 388 g/mol. The molecule has 150 valence electrons. The summed E-state index contributed by atoms with van der Waals surface area (Å²) in [7, 11) is -2.01. The lowest BCUT2D eigenvalue weighted by molar-refractivity contribution is 0.0775. The highest BCUT2D eigenvalue weighted by molar-refractivity contribution is 7.92. The summed E-state index contributed by atoms with van der Waals surface area (Å²) in [6, 6.07) is 17.3. The molecule has 0 saturated carbocycles. The van der Waals surface area contributed by atoms with E-state index in [0.717, 1.165) is 24.1 Å². The number of anilines is 1. The smallest absolute Gasteiger partial charge is 0.264 e. The number of sulfonamides is 1. The van der Waals surface area contributed by atoms with Crippen LogP contribution < -0.4 is 4.31 Å². The standard InChI is InChI=1S/C22H22N2O4S/c1-23(16-19-8-5-15-28-19)22(25)18-10-12-20(13-11-18)29(26,27)24-14-4-7-17-6-2-3-9-21(17)24/h2-3,5-6,8-13,15H,4,7,14,16H2,1H3. The fourth-order valence-electron chi connectivity index (χ4n) is 3.57. The molecule has 1 amide bonds. The Kier molecular flexibility index (Phi) is 5.15. The molecule has 0 saturated heterocycles. The number of para-hydroxylation sites is 1. The van der Waals surface area contributed by atoms with Gasteiger partial charge in [-0.05, 0) is 60.9 Å². The summed E-state index contributed by atoms with van der Waals surface area (Å²) < 4.78 is 33.1. The highest BCUT2D eigenvalue weighted by atomic mass is 32.2. The Labute approximate surface area is 170 Å². The maximum absolute atomic E-state index is 13.2. The van der Waals surface area contributed by atoms with Crippen molar-refractivity contribution in [3.05, 3.63) is 83.8 Å². The van der Waals surface area contributed by atoms with Gasteiger partial charge < -0.3 is 9.32 Å². The van der Waals surface area contributed by atoms with Crippen LogP contribution in [-0.4, -0.2) is 32.8 Å². The van der Waals surface area contributed by atoms with Crippen molar-refractivity contribution in [1.82, 2.24) is 4.90 Å². The van der Waals surface area contributed by atoms with Crippen LogP contribution in [0.15, 0.2) is 76.2 Å². The van der Waals surface area contributed by atoms with Gasteiger partial charge in [0.2, 0.25) is 0 Å². The van der Waals surface area contributed by atoms with Crippen LogP contribution in [0.1, 0.15) is 28.1 Å². The maximum atomic E-state index is 13.2. The monoisotopic (exact) mass is 410 g/mol. The van der Waals surface area contributed by atoms with Crippen LogP contribution in [0.5, 0.6) is 0 Å². The van der Waals surface area contributed by atoms with Crippen molar-refractivity contribution in [3.8, 4) is 0 Å². The molecule has 2 heterocycles. The zero-order chi connectivity index (χ0) is 20.4. The van der Waals surface area contributed by atoms with Crippen molar-refractivity contribution in [2.45, 2.75) is 24.3 Å². The zero-order valence-electron chi connectivity index (χ0n) is 16.1. The highest BCUT2D eigenvalue weighted by Crippen LogP contribution is 2.31. The van der Waals surface area contributed by atoms with Crippen LogP contribution in [0.2, 0.25) is 0 Å². The predicted molar refractivity (Wildman–Crippen MR) is 110 cm³/mol. The number of nitrogens with zero attached hydrogens (tertiary/aromatic N) is 2. The molecule has 0 radical (unpaired) electrons. The summed E-state index contributed by atoms with van der Waals surface area (Å²) in [5, 5.41) is 0. The van der Waals surface area contributed by atoms with Gasteiger partial charge in [-0.3, -0.25) is 9.10 Å². The molecule has 3 aromatic rings. The topological polar surface area (TPSA) is 70.8 Å². The number of amides is 1. The molecule has 0 N–H and O–H groups in total. The third-order valence-corrected chi connectivity index (χ3v) is 6.90. The van der Waals surface area contributed by atoms with E-state index in [2.05, 4.69) is 0 Å². The van der Waals surface area contributed by atoms with Gasteiger partial charge in [0.05, 0.1) is 23.4 Å². The van der Waals surface area contributed by atoms with Crippen molar-refractivity contribution < 1.29 is 17.6 Å². The molecule has 0 bridgehead atoms. The van der Waals surface area contributed by atoms with E-state index < -0.39 is 10.0 Å². The first-order valence-corrected chi connectivity index (χ1v) is 10.9. The Morgan fingerprint density at radius 2 is 1.83 bits per heavy atom. The fraction of sp³-hybridized carbons (Fsp3) is 0.227. The Balaban J connectivity index is 1.55.